The van der Waals surface area contributed by atoms with Gasteiger partial charge in [-0.25, -0.2) is 0 Å². The van der Waals surface area contributed by atoms with E-state index in [0.717, 1.165) is 12.0 Å². The summed E-state index contributed by atoms with van der Waals surface area (Å²) in [6.07, 6.45) is 0.844. The molecule has 1 aromatic carbocycles. The van der Waals surface area contributed by atoms with E-state index in [1.807, 2.05) is 25.1 Å². The van der Waals surface area contributed by atoms with Crippen molar-refractivity contribution >= 4 is 23.2 Å². The van der Waals surface area contributed by atoms with Crippen molar-refractivity contribution in [1.82, 2.24) is 10.6 Å². The zero-order valence-corrected chi connectivity index (χ0v) is 11.5. The Balaban J connectivity index is 2.41. The van der Waals surface area contributed by atoms with Gasteiger partial charge in [0, 0.05) is 25.8 Å². The average molecular weight is 266 g/mol. The summed E-state index contributed by atoms with van der Waals surface area (Å²) >= 11 is 5.04. The quantitative estimate of drug-likeness (QED) is 0.628. The van der Waals surface area contributed by atoms with Crippen LogP contribution in [0.4, 0.5) is 0 Å². The second-order valence-electron chi connectivity index (χ2n) is 3.87. The maximum Gasteiger partial charge on any atom is 0.257 e. The van der Waals surface area contributed by atoms with Crippen LogP contribution in [0.2, 0.25) is 0 Å². The molecular weight excluding hydrogens is 248 g/mol. The van der Waals surface area contributed by atoms with Crippen LogP contribution in [0.5, 0.6) is 0 Å². The number of hydrogen-bond acceptors (Lipinski definition) is 3. The van der Waals surface area contributed by atoms with Crippen molar-refractivity contribution in [2.45, 2.75) is 13.3 Å². The van der Waals surface area contributed by atoms with Crippen LogP contribution < -0.4 is 10.6 Å². The summed E-state index contributed by atoms with van der Waals surface area (Å²) < 4.78 is 4.92. The summed E-state index contributed by atoms with van der Waals surface area (Å²) in [5, 5.41) is 5.96. The largest absolute Gasteiger partial charge is 0.385 e. The first-order valence-corrected chi connectivity index (χ1v) is 6.19. The van der Waals surface area contributed by atoms with Crippen molar-refractivity contribution in [2.75, 3.05) is 20.3 Å². The van der Waals surface area contributed by atoms with Crippen LogP contribution in [0, 0.1) is 6.92 Å². The number of rotatable bonds is 5. The maximum atomic E-state index is 11.9. The lowest BCUT2D eigenvalue weighted by Crippen LogP contribution is -2.40. The Kier molecular flexibility index (Phi) is 6.32. The predicted molar refractivity (Wildman–Crippen MR) is 75.7 cm³/mol. The molecule has 5 heteroatoms. The number of amides is 1. The molecule has 1 rings (SSSR count). The van der Waals surface area contributed by atoms with Crippen LogP contribution in [0.3, 0.4) is 0 Å². The van der Waals surface area contributed by atoms with E-state index in [1.165, 1.54) is 0 Å². The molecule has 0 radical (unpaired) electrons. The van der Waals surface area contributed by atoms with E-state index in [9.17, 15) is 4.79 Å². The molecule has 0 aromatic heterocycles. The van der Waals surface area contributed by atoms with Gasteiger partial charge in [0.05, 0.1) is 0 Å². The maximum absolute atomic E-state index is 11.9. The fourth-order valence-electron chi connectivity index (χ4n) is 1.46. The zero-order valence-electron chi connectivity index (χ0n) is 10.7. The monoisotopic (exact) mass is 266 g/mol. The van der Waals surface area contributed by atoms with Crippen molar-refractivity contribution < 1.29 is 9.53 Å². The van der Waals surface area contributed by atoms with Crippen molar-refractivity contribution in [3.63, 3.8) is 0 Å². The Hall–Kier alpha value is -1.46. The minimum Gasteiger partial charge on any atom is -0.385 e. The lowest BCUT2D eigenvalue weighted by molar-refractivity contribution is 0.0976. The molecular formula is C13H18N2O2S. The topological polar surface area (TPSA) is 50.4 Å². The number of methoxy groups -OCH3 is 1. The first-order chi connectivity index (χ1) is 8.65. The molecule has 0 aliphatic heterocycles. The summed E-state index contributed by atoms with van der Waals surface area (Å²) in [4.78, 5) is 11.9. The molecule has 0 atom stereocenters. The Morgan fingerprint density at radius 1 is 1.39 bits per heavy atom. The number of aryl methyl sites for hydroxylation is 1. The molecule has 4 nitrogen and oxygen atoms in total. The Morgan fingerprint density at radius 3 is 2.78 bits per heavy atom. The van der Waals surface area contributed by atoms with Crippen molar-refractivity contribution in [1.29, 1.82) is 0 Å². The second kappa shape index (κ2) is 7.79. The van der Waals surface area contributed by atoms with Crippen LogP contribution >= 0.6 is 12.2 Å². The highest BCUT2D eigenvalue weighted by Gasteiger charge is 2.09. The molecule has 98 valence electrons. The number of carbonyl (C=O) groups excluding carboxylic acids is 1. The molecule has 18 heavy (non-hydrogen) atoms. The number of hydrogen-bond donors (Lipinski definition) is 2. The highest BCUT2D eigenvalue weighted by Crippen LogP contribution is 2.06. The number of carbonyl (C=O) groups is 1. The van der Waals surface area contributed by atoms with Crippen molar-refractivity contribution in [3.05, 3.63) is 35.4 Å². The van der Waals surface area contributed by atoms with E-state index in [2.05, 4.69) is 10.6 Å². The molecule has 1 aromatic rings. The molecule has 0 spiro atoms. The van der Waals surface area contributed by atoms with Gasteiger partial charge in [0.2, 0.25) is 0 Å². The van der Waals surface area contributed by atoms with Gasteiger partial charge in [0.25, 0.3) is 5.91 Å². The molecule has 1 amide bonds. The van der Waals surface area contributed by atoms with E-state index >= 15 is 0 Å². The van der Waals surface area contributed by atoms with Crippen molar-refractivity contribution in [2.24, 2.45) is 0 Å². The van der Waals surface area contributed by atoms with Crippen LogP contribution in [0.25, 0.3) is 0 Å². The van der Waals surface area contributed by atoms with Crippen LogP contribution in [-0.4, -0.2) is 31.3 Å². The predicted octanol–water partition coefficient (Wildman–Crippen LogP) is 1.64. The number of benzene rings is 1. The van der Waals surface area contributed by atoms with Gasteiger partial charge in [-0.2, -0.15) is 0 Å². The lowest BCUT2D eigenvalue weighted by Gasteiger charge is -2.10. The second-order valence-corrected chi connectivity index (χ2v) is 4.28. The zero-order chi connectivity index (χ0) is 13.4. The van der Waals surface area contributed by atoms with Gasteiger partial charge in [-0.05, 0) is 37.2 Å². The SMILES string of the molecule is COCCCNC(=S)NC(=O)c1ccccc1C. The standard InChI is InChI=1S/C13H18N2O2S/c1-10-6-3-4-7-11(10)12(16)15-13(18)14-8-5-9-17-2/h3-4,6-7H,5,8-9H2,1-2H3,(H2,14,15,16,18). The van der Waals surface area contributed by atoms with Crippen LogP contribution in [-0.2, 0) is 4.74 Å². The molecule has 0 bridgehead atoms. The minimum absolute atomic E-state index is 0.183. The first kappa shape index (κ1) is 14.6. The number of nitrogens with one attached hydrogen (secondary N) is 2. The van der Waals surface area contributed by atoms with Gasteiger partial charge < -0.3 is 10.1 Å². The van der Waals surface area contributed by atoms with Crippen molar-refractivity contribution in [3.8, 4) is 0 Å². The van der Waals surface area contributed by atoms with Gasteiger partial charge >= 0.3 is 0 Å². The molecule has 0 aliphatic rings. The van der Waals surface area contributed by atoms with Gasteiger partial charge in [-0.15, -0.1) is 0 Å². The summed E-state index contributed by atoms with van der Waals surface area (Å²) in [7, 11) is 1.65. The summed E-state index contributed by atoms with van der Waals surface area (Å²) in [6.45, 7) is 3.24. The lowest BCUT2D eigenvalue weighted by atomic mass is 10.1. The number of thiocarbonyl (C=S) groups is 1. The van der Waals surface area contributed by atoms with Gasteiger partial charge in [-0.1, -0.05) is 18.2 Å². The van der Waals surface area contributed by atoms with Gasteiger partial charge in [0.15, 0.2) is 5.11 Å². The van der Waals surface area contributed by atoms with E-state index in [4.69, 9.17) is 17.0 Å². The number of ether oxygens (including phenoxy) is 1. The third kappa shape index (κ3) is 4.81. The molecule has 0 fully saturated rings. The summed E-state index contributed by atoms with van der Waals surface area (Å²) in [5.41, 5.74) is 1.57. The van der Waals surface area contributed by atoms with E-state index in [1.54, 1.807) is 13.2 Å². The van der Waals surface area contributed by atoms with E-state index < -0.39 is 0 Å². The third-order valence-electron chi connectivity index (χ3n) is 2.43. The Labute approximate surface area is 113 Å². The third-order valence-corrected chi connectivity index (χ3v) is 2.67. The Bertz CT molecular complexity index is 421. The molecule has 0 heterocycles. The molecule has 0 saturated heterocycles. The molecule has 2 N–H and O–H groups in total. The van der Waals surface area contributed by atoms with E-state index in [0.29, 0.717) is 23.8 Å². The highest BCUT2D eigenvalue weighted by molar-refractivity contribution is 7.80. The molecule has 0 unspecified atom stereocenters. The first-order valence-electron chi connectivity index (χ1n) is 5.79. The molecule has 0 saturated carbocycles. The fourth-order valence-corrected chi connectivity index (χ4v) is 1.66. The van der Waals surface area contributed by atoms with Gasteiger partial charge in [-0.3, -0.25) is 10.1 Å². The summed E-state index contributed by atoms with van der Waals surface area (Å²) in [6, 6.07) is 7.40. The smallest absolute Gasteiger partial charge is 0.257 e. The van der Waals surface area contributed by atoms with E-state index in [-0.39, 0.29) is 5.91 Å². The average Bonchev–Trinajstić information content (AvgIpc) is 2.35. The Morgan fingerprint density at radius 2 is 2.11 bits per heavy atom. The van der Waals surface area contributed by atoms with Crippen LogP contribution in [0.1, 0.15) is 22.3 Å². The minimum atomic E-state index is -0.183. The normalized spacial score (nSPS) is 9.89. The summed E-state index contributed by atoms with van der Waals surface area (Å²) in [5.74, 6) is -0.183. The fraction of sp³-hybridized carbons (Fsp3) is 0.385. The van der Waals surface area contributed by atoms with Gasteiger partial charge in [0.1, 0.15) is 0 Å². The van der Waals surface area contributed by atoms with Crippen LogP contribution in [0.15, 0.2) is 24.3 Å². The molecule has 0 aliphatic carbocycles. The highest BCUT2D eigenvalue weighted by atomic mass is 32.1.